The van der Waals surface area contributed by atoms with Crippen molar-refractivity contribution in [3.8, 4) is 11.4 Å². The molecule has 1 N–H and O–H groups in total. The molecule has 158 valence electrons. The molecule has 3 aromatic rings. The first-order valence-corrected chi connectivity index (χ1v) is 10.2. The summed E-state index contributed by atoms with van der Waals surface area (Å²) in [4.78, 5) is 41.2. The van der Waals surface area contributed by atoms with Crippen LogP contribution in [0.3, 0.4) is 0 Å². The summed E-state index contributed by atoms with van der Waals surface area (Å²) in [5, 5.41) is 7.35. The van der Waals surface area contributed by atoms with Gasteiger partial charge in [-0.2, -0.15) is 4.98 Å². The molecular formula is C22H19ClN4O4. The van der Waals surface area contributed by atoms with E-state index in [0.29, 0.717) is 28.8 Å². The molecule has 9 heteroatoms. The summed E-state index contributed by atoms with van der Waals surface area (Å²) in [6, 6.07) is 14.1. The number of nitrogens with one attached hydrogen (secondary N) is 1. The molecule has 2 heterocycles. The Balaban J connectivity index is 1.28. The number of hydrogen-bond donors (Lipinski definition) is 1. The summed E-state index contributed by atoms with van der Waals surface area (Å²) in [5.41, 5.74) is 2.23. The van der Waals surface area contributed by atoms with Crippen LogP contribution in [0.4, 0.5) is 5.69 Å². The summed E-state index contributed by atoms with van der Waals surface area (Å²) in [6.45, 7) is 0.249. The summed E-state index contributed by atoms with van der Waals surface area (Å²) in [6.07, 6.45) is 1.03. The largest absolute Gasteiger partial charge is 0.339 e. The number of imide groups is 1. The molecule has 1 fully saturated rings. The van der Waals surface area contributed by atoms with Gasteiger partial charge in [0, 0.05) is 42.0 Å². The third kappa shape index (κ3) is 5.16. The molecule has 3 amide bonds. The number of halogens is 1. The number of carbonyl (C=O) groups is 3. The maximum atomic E-state index is 12.2. The second-order valence-electron chi connectivity index (χ2n) is 7.14. The second kappa shape index (κ2) is 9.09. The number of rotatable bonds is 7. The number of aryl methyl sites for hydroxylation is 1. The number of carbonyl (C=O) groups excluding carboxylic acids is 3. The van der Waals surface area contributed by atoms with Crippen LogP contribution in [-0.2, 0) is 27.3 Å². The van der Waals surface area contributed by atoms with Crippen molar-refractivity contribution >= 4 is 35.0 Å². The van der Waals surface area contributed by atoms with E-state index in [2.05, 4.69) is 15.5 Å². The van der Waals surface area contributed by atoms with Crippen LogP contribution in [0, 0.1) is 0 Å². The number of aromatic nitrogens is 2. The Kier molecular flexibility index (Phi) is 6.08. The third-order valence-corrected chi connectivity index (χ3v) is 5.12. The maximum absolute atomic E-state index is 12.2. The number of benzene rings is 2. The zero-order valence-corrected chi connectivity index (χ0v) is 17.3. The van der Waals surface area contributed by atoms with Crippen molar-refractivity contribution in [2.24, 2.45) is 0 Å². The molecule has 8 nitrogen and oxygen atoms in total. The van der Waals surface area contributed by atoms with Gasteiger partial charge in [0.15, 0.2) is 0 Å². The molecule has 0 aliphatic carbocycles. The van der Waals surface area contributed by atoms with Crippen LogP contribution >= 0.6 is 11.6 Å². The highest BCUT2D eigenvalue weighted by Gasteiger charge is 2.28. The van der Waals surface area contributed by atoms with E-state index in [1.165, 1.54) is 4.90 Å². The molecule has 2 aromatic carbocycles. The minimum absolute atomic E-state index is 0.150. The molecule has 1 aliphatic rings. The number of amides is 3. The lowest BCUT2D eigenvalue weighted by Gasteiger charge is -2.14. The number of nitrogens with zero attached hydrogens (tertiary/aromatic N) is 3. The number of hydrogen-bond acceptors (Lipinski definition) is 6. The summed E-state index contributed by atoms with van der Waals surface area (Å²) >= 11 is 5.88. The van der Waals surface area contributed by atoms with E-state index < -0.39 is 0 Å². The van der Waals surface area contributed by atoms with Gasteiger partial charge in [0.05, 0.1) is 6.54 Å². The van der Waals surface area contributed by atoms with Gasteiger partial charge in [0.1, 0.15) is 0 Å². The zero-order valence-electron chi connectivity index (χ0n) is 16.5. The monoisotopic (exact) mass is 438 g/mol. The van der Waals surface area contributed by atoms with Crippen molar-refractivity contribution in [3.63, 3.8) is 0 Å². The summed E-state index contributed by atoms with van der Waals surface area (Å²) in [7, 11) is 0. The topological polar surface area (TPSA) is 105 Å². The maximum Gasteiger partial charge on any atom is 0.229 e. The predicted octanol–water partition coefficient (Wildman–Crippen LogP) is 3.61. The fourth-order valence-corrected chi connectivity index (χ4v) is 3.32. The molecule has 4 rings (SSSR count). The van der Waals surface area contributed by atoms with Gasteiger partial charge in [-0.3, -0.25) is 19.3 Å². The molecule has 31 heavy (non-hydrogen) atoms. The van der Waals surface area contributed by atoms with Crippen LogP contribution in [-0.4, -0.2) is 32.8 Å². The Hall–Kier alpha value is -3.52. The van der Waals surface area contributed by atoms with Crippen molar-refractivity contribution in [2.75, 3.05) is 5.32 Å². The van der Waals surface area contributed by atoms with Crippen molar-refractivity contribution in [1.82, 2.24) is 15.0 Å². The van der Waals surface area contributed by atoms with E-state index in [0.717, 1.165) is 11.1 Å². The normalized spacial score (nSPS) is 13.6. The van der Waals surface area contributed by atoms with E-state index in [-0.39, 0.29) is 43.5 Å². The molecule has 1 aliphatic heterocycles. The van der Waals surface area contributed by atoms with Gasteiger partial charge < -0.3 is 9.84 Å². The first kappa shape index (κ1) is 20.7. The summed E-state index contributed by atoms with van der Waals surface area (Å²) in [5.74, 6) is 0.321. The molecule has 0 radical (unpaired) electrons. The highest BCUT2D eigenvalue weighted by Crippen LogP contribution is 2.20. The van der Waals surface area contributed by atoms with Gasteiger partial charge in [0.25, 0.3) is 0 Å². The highest BCUT2D eigenvalue weighted by atomic mass is 35.5. The quantitative estimate of drug-likeness (QED) is 0.565. The fraction of sp³-hybridized carbons (Fsp3) is 0.227. The van der Waals surface area contributed by atoms with Gasteiger partial charge in [0.2, 0.25) is 29.4 Å². The van der Waals surface area contributed by atoms with E-state index in [1.54, 1.807) is 48.5 Å². The van der Waals surface area contributed by atoms with Crippen LogP contribution in [0.1, 0.15) is 30.7 Å². The van der Waals surface area contributed by atoms with E-state index >= 15 is 0 Å². The Morgan fingerprint density at radius 3 is 2.39 bits per heavy atom. The van der Waals surface area contributed by atoms with Crippen LogP contribution < -0.4 is 5.32 Å². The average molecular weight is 439 g/mol. The second-order valence-corrected chi connectivity index (χ2v) is 7.57. The molecule has 0 bridgehead atoms. The van der Waals surface area contributed by atoms with Crippen molar-refractivity contribution < 1.29 is 18.9 Å². The van der Waals surface area contributed by atoms with Crippen molar-refractivity contribution in [3.05, 3.63) is 65.0 Å². The molecule has 0 saturated carbocycles. The first-order valence-electron chi connectivity index (χ1n) is 9.78. The Morgan fingerprint density at radius 2 is 1.71 bits per heavy atom. The molecule has 0 unspecified atom stereocenters. The predicted molar refractivity (Wildman–Crippen MR) is 113 cm³/mol. The zero-order chi connectivity index (χ0) is 21.8. The Bertz CT molecular complexity index is 1090. The first-order chi connectivity index (χ1) is 15.0. The van der Waals surface area contributed by atoms with E-state index in [4.69, 9.17) is 16.1 Å². The molecule has 1 saturated heterocycles. The number of anilines is 1. The van der Waals surface area contributed by atoms with E-state index in [9.17, 15) is 14.4 Å². The Labute approximate surface area is 183 Å². The molecular weight excluding hydrogens is 420 g/mol. The minimum atomic E-state index is -0.191. The Morgan fingerprint density at radius 1 is 1.03 bits per heavy atom. The van der Waals surface area contributed by atoms with Crippen LogP contribution in [0.5, 0.6) is 0 Å². The molecule has 1 aromatic heterocycles. The van der Waals surface area contributed by atoms with Crippen molar-refractivity contribution in [1.29, 1.82) is 0 Å². The summed E-state index contributed by atoms with van der Waals surface area (Å²) < 4.78 is 5.21. The lowest BCUT2D eigenvalue weighted by molar-refractivity contribution is -0.139. The van der Waals surface area contributed by atoms with E-state index in [1.807, 2.05) is 0 Å². The lowest BCUT2D eigenvalue weighted by Crippen LogP contribution is -2.28. The number of likely N-dealkylation sites (tertiary alicyclic amines) is 1. The van der Waals surface area contributed by atoms with Gasteiger partial charge in [-0.1, -0.05) is 28.9 Å². The third-order valence-electron chi connectivity index (χ3n) is 4.87. The fourth-order valence-electron chi connectivity index (χ4n) is 3.19. The lowest BCUT2D eigenvalue weighted by atomic mass is 10.2. The van der Waals surface area contributed by atoms with Crippen molar-refractivity contribution in [2.45, 2.75) is 32.2 Å². The van der Waals surface area contributed by atoms with Gasteiger partial charge >= 0.3 is 0 Å². The van der Waals surface area contributed by atoms with Crippen LogP contribution in [0.25, 0.3) is 11.4 Å². The highest BCUT2D eigenvalue weighted by molar-refractivity contribution is 6.30. The average Bonchev–Trinajstić information content (AvgIpc) is 3.36. The van der Waals surface area contributed by atoms with Crippen LogP contribution in [0.15, 0.2) is 53.1 Å². The van der Waals surface area contributed by atoms with Gasteiger partial charge in [-0.15, -0.1) is 0 Å². The standard InChI is InChI=1S/C22H19ClN4O4/c23-16-5-3-15(4-6-16)22-25-19(31-26-22)10-9-18(28)24-17-7-1-14(2-8-17)13-27-20(29)11-12-21(27)30/h1-8H,9-13H2,(H,24,28). The molecule has 0 atom stereocenters. The smallest absolute Gasteiger partial charge is 0.229 e. The van der Waals surface area contributed by atoms with Gasteiger partial charge in [-0.05, 0) is 42.0 Å². The van der Waals surface area contributed by atoms with Gasteiger partial charge in [-0.25, -0.2) is 0 Å². The minimum Gasteiger partial charge on any atom is -0.339 e. The SMILES string of the molecule is O=C(CCc1nc(-c2ccc(Cl)cc2)no1)Nc1ccc(CN2C(=O)CCC2=O)cc1. The molecule has 0 spiro atoms. The van der Waals surface area contributed by atoms with Crippen LogP contribution in [0.2, 0.25) is 5.02 Å².